The van der Waals surface area contributed by atoms with Gasteiger partial charge < -0.3 is 10.4 Å². The summed E-state index contributed by atoms with van der Waals surface area (Å²) < 4.78 is 41.7. The molecule has 188 valence electrons. The van der Waals surface area contributed by atoms with Crippen molar-refractivity contribution in [2.45, 2.75) is 68.2 Å². The molecule has 2 N–H and O–H groups in total. The van der Waals surface area contributed by atoms with E-state index in [0.717, 1.165) is 43.2 Å². The number of benzene rings is 1. The van der Waals surface area contributed by atoms with Crippen LogP contribution in [0.2, 0.25) is 0 Å². The van der Waals surface area contributed by atoms with Crippen LogP contribution in [0.1, 0.15) is 74.2 Å². The number of aliphatic hydroxyl groups is 1. The van der Waals surface area contributed by atoms with Crippen LogP contribution in [0.3, 0.4) is 0 Å². The van der Waals surface area contributed by atoms with Gasteiger partial charge in [0.05, 0.1) is 17.2 Å². The van der Waals surface area contributed by atoms with Gasteiger partial charge in [-0.05, 0) is 69.7 Å². The van der Waals surface area contributed by atoms with Gasteiger partial charge >= 0.3 is 6.18 Å². The Balaban J connectivity index is 1.64. The average Bonchev–Trinajstić information content (AvgIpc) is 3.20. The molecule has 0 bridgehead atoms. The molecular weight excluding hydrogens is 572 g/mol. The minimum Gasteiger partial charge on any atom is -0.386 e. The van der Waals surface area contributed by atoms with E-state index >= 15 is 0 Å². The predicted octanol–water partition coefficient (Wildman–Crippen LogP) is 6.48. The molecule has 4 rings (SSSR count). The average molecular weight is 600 g/mol. The van der Waals surface area contributed by atoms with Gasteiger partial charge in [-0.15, -0.1) is 0 Å². The summed E-state index contributed by atoms with van der Waals surface area (Å²) in [4.78, 5) is 16.3. The van der Waals surface area contributed by atoms with Crippen LogP contribution in [0.4, 0.5) is 18.9 Å². The number of anilines is 1. The van der Waals surface area contributed by atoms with E-state index in [4.69, 9.17) is 5.10 Å². The summed E-state index contributed by atoms with van der Waals surface area (Å²) in [5.41, 5.74) is -1.43. The second kappa shape index (κ2) is 9.68. The van der Waals surface area contributed by atoms with Crippen LogP contribution < -0.4 is 5.32 Å². The van der Waals surface area contributed by atoms with Crippen LogP contribution in [0, 0.1) is 5.92 Å². The smallest absolute Gasteiger partial charge is 0.386 e. The molecule has 6 nitrogen and oxygen atoms in total. The minimum absolute atomic E-state index is 0.284. The Kier molecular flexibility index (Phi) is 7.16. The zero-order valence-corrected chi connectivity index (χ0v) is 21.9. The third-order valence-corrected chi connectivity index (χ3v) is 7.62. The highest BCUT2D eigenvalue weighted by molar-refractivity contribution is 14.1. The first-order chi connectivity index (χ1) is 16.3. The van der Waals surface area contributed by atoms with Crippen molar-refractivity contribution in [3.05, 3.63) is 53.5 Å². The molecule has 1 atom stereocenters. The number of amides is 1. The molecular formula is C25H28F3IN4O2. The zero-order valence-electron chi connectivity index (χ0n) is 19.7. The van der Waals surface area contributed by atoms with E-state index in [1.54, 1.807) is 26.0 Å². The first-order valence-corrected chi connectivity index (χ1v) is 12.8. The van der Waals surface area contributed by atoms with Crippen LogP contribution in [0.15, 0.2) is 36.5 Å². The van der Waals surface area contributed by atoms with Crippen molar-refractivity contribution in [1.82, 2.24) is 14.8 Å². The van der Waals surface area contributed by atoms with Crippen molar-refractivity contribution in [3.63, 3.8) is 0 Å². The number of carbonyl (C=O) groups is 1. The number of nitrogens with zero attached hydrogens (tertiary/aromatic N) is 3. The van der Waals surface area contributed by atoms with Crippen LogP contribution in [-0.2, 0) is 11.8 Å². The lowest BCUT2D eigenvalue weighted by Gasteiger charge is -2.30. The number of alkyl halides is 4. The highest BCUT2D eigenvalue weighted by Crippen LogP contribution is 2.38. The van der Waals surface area contributed by atoms with Crippen molar-refractivity contribution in [2.75, 3.05) is 5.32 Å². The number of fused-ring (bicyclic) bond motifs is 1. The second-order valence-corrected chi connectivity index (χ2v) is 11.7. The molecule has 10 heteroatoms. The highest BCUT2D eigenvalue weighted by atomic mass is 127. The Morgan fingerprint density at radius 2 is 1.89 bits per heavy atom. The first-order valence-electron chi connectivity index (χ1n) is 11.6. The highest BCUT2D eigenvalue weighted by Gasteiger charge is 2.33. The molecule has 35 heavy (non-hydrogen) atoms. The van der Waals surface area contributed by atoms with E-state index in [0.29, 0.717) is 26.6 Å². The topological polar surface area (TPSA) is 80.0 Å². The largest absolute Gasteiger partial charge is 0.433 e. The maximum atomic E-state index is 13.0. The quantitative estimate of drug-likeness (QED) is 0.260. The Bertz CT molecular complexity index is 1230. The fourth-order valence-corrected chi connectivity index (χ4v) is 5.34. The van der Waals surface area contributed by atoms with E-state index < -0.39 is 23.4 Å². The zero-order chi connectivity index (χ0) is 25.5. The van der Waals surface area contributed by atoms with Gasteiger partial charge in [0.15, 0.2) is 0 Å². The summed E-state index contributed by atoms with van der Waals surface area (Å²) in [5, 5.41) is 18.9. The summed E-state index contributed by atoms with van der Waals surface area (Å²) in [6, 6.07) is 6.88. The molecule has 2 heterocycles. The van der Waals surface area contributed by atoms with Gasteiger partial charge in [-0.3, -0.25) is 9.48 Å². The predicted molar refractivity (Wildman–Crippen MR) is 137 cm³/mol. The van der Waals surface area contributed by atoms with Gasteiger partial charge in [0, 0.05) is 26.8 Å². The van der Waals surface area contributed by atoms with Gasteiger partial charge in [0.25, 0.3) is 5.91 Å². The van der Waals surface area contributed by atoms with Gasteiger partial charge in [-0.1, -0.05) is 35.6 Å². The van der Waals surface area contributed by atoms with Crippen LogP contribution in [-0.4, -0.2) is 29.7 Å². The van der Waals surface area contributed by atoms with E-state index in [2.05, 4.69) is 39.8 Å². The van der Waals surface area contributed by atoms with Gasteiger partial charge in [0.2, 0.25) is 0 Å². The van der Waals surface area contributed by atoms with Crippen molar-refractivity contribution in [3.8, 4) is 0 Å². The third kappa shape index (κ3) is 5.79. The van der Waals surface area contributed by atoms with Crippen LogP contribution >= 0.6 is 22.6 Å². The maximum absolute atomic E-state index is 13.0. The molecule has 0 radical (unpaired) electrons. The number of hydrogen-bond donors (Lipinski definition) is 2. The van der Waals surface area contributed by atoms with Gasteiger partial charge in [0.1, 0.15) is 11.4 Å². The number of rotatable bonds is 5. The Morgan fingerprint density at radius 1 is 1.20 bits per heavy atom. The van der Waals surface area contributed by atoms with E-state index in [1.807, 2.05) is 10.9 Å². The molecule has 1 unspecified atom stereocenters. The fourth-order valence-electron chi connectivity index (χ4n) is 4.62. The summed E-state index contributed by atoms with van der Waals surface area (Å²) in [6.45, 7) is 5.41. The molecule has 0 spiro atoms. The van der Waals surface area contributed by atoms with Gasteiger partial charge in [-0.2, -0.15) is 18.3 Å². The molecule has 3 aromatic rings. The number of pyridine rings is 1. The number of nitrogens with one attached hydrogen (secondary N) is 1. The monoisotopic (exact) mass is 600 g/mol. The third-order valence-electron chi connectivity index (χ3n) is 6.61. The number of aromatic nitrogens is 3. The van der Waals surface area contributed by atoms with Crippen molar-refractivity contribution < 1.29 is 23.1 Å². The van der Waals surface area contributed by atoms with Crippen LogP contribution in [0.25, 0.3) is 10.9 Å². The molecule has 1 amide bonds. The molecule has 0 saturated heterocycles. The van der Waals surface area contributed by atoms with Crippen LogP contribution in [0.5, 0.6) is 0 Å². The standard InChI is InChI=1S/C25H28F3IN4O2/c1-14(29)15-7-9-17(10-8-15)33-13-16-11-21(18(24(2,3)35)12-20(16)32-33)31-23(34)19-5-4-6-22(30-19)25(26,27)28/h4-6,11-15,17,35H,7-10H2,1-3H3,(H,31,34). The molecule has 0 aliphatic heterocycles. The minimum atomic E-state index is -4.66. The lowest BCUT2D eigenvalue weighted by atomic mass is 9.84. The fraction of sp³-hybridized carbons (Fsp3) is 0.480. The molecule has 1 aliphatic rings. The summed E-state index contributed by atoms with van der Waals surface area (Å²) in [7, 11) is 0. The maximum Gasteiger partial charge on any atom is 0.433 e. The lowest BCUT2D eigenvalue weighted by Crippen LogP contribution is -2.22. The van der Waals surface area contributed by atoms with Crippen molar-refractivity contribution in [2.24, 2.45) is 5.92 Å². The first kappa shape index (κ1) is 25.9. The number of hydrogen-bond acceptors (Lipinski definition) is 4. The van der Waals surface area contributed by atoms with Gasteiger partial charge in [-0.25, -0.2) is 4.98 Å². The molecule has 1 aromatic carbocycles. The summed E-state index contributed by atoms with van der Waals surface area (Å²) in [5.74, 6) is -0.0792. The lowest BCUT2D eigenvalue weighted by molar-refractivity contribution is -0.141. The molecule has 1 aliphatic carbocycles. The number of halogens is 4. The Hall–Kier alpha value is -2.21. The van der Waals surface area contributed by atoms with E-state index in [9.17, 15) is 23.1 Å². The van der Waals surface area contributed by atoms with E-state index in [1.165, 1.54) is 6.07 Å². The second-order valence-electron chi connectivity index (χ2n) is 9.73. The number of carbonyl (C=O) groups excluding carboxylic acids is 1. The SMILES string of the molecule is CC(I)C1CCC(n2cc3cc(NC(=O)c4cccc(C(F)(F)F)n4)c(C(C)(C)O)cc3n2)CC1. The Labute approximate surface area is 215 Å². The van der Waals surface area contributed by atoms with Crippen molar-refractivity contribution in [1.29, 1.82) is 0 Å². The normalized spacial score (nSPS) is 20.1. The van der Waals surface area contributed by atoms with E-state index in [-0.39, 0.29) is 11.7 Å². The summed E-state index contributed by atoms with van der Waals surface area (Å²) in [6.07, 6.45) is 1.64. The van der Waals surface area contributed by atoms with Crippen molar-refractivity contribution >= 4 is 45.1 Å². The Morgan fingerprint density at radius 3 is 2.49 bits per heavy atom. The summed E-state index contributed by atoms with van der Waals surface area (Å²) >= 11 is 2.49. The molecule has 1 saturated carbocycles. The molecule has 1 fully saturated rings. The molecule has 2 aromatic heterocycles.